The van der Waals surface area contributed by atoms with E-state index in [1.165, 1.54) is 13.2 Å². The maximum Gasteiger partial charge on any atom is 0.181 e. The first-order chi connectivity index (χ1) is 16.9. The molecular weight excluding hydrogens is 453 g/mol. The first-order valence-electron chi connectivity index (χ1n) is 11.1. The lowest BCUT2D eigenvalue weighted by molar-refractivity contribution is 0.0914. The van der Waals surface area contributed by atoms with Crippen LogP contribution in [0.2, 0.25) is 0 Å². The van der Waals surface area contributed by atoms with Crippen LogP contribution < -0.4 is 9.47 Å². The zero-order chi connectivity index (χ0) is 25.4. The number of halogens is 1. The Morgan fingerprint density at radius 3 is 2.43 bits per heavy atom. The van der Waals surface area contributed by atoms with Gasteiger partial charge in [0.05, 0.1) is 26.0 Å². The molecule has 0 aliphatic carbocycles. The molecule has 0 bridgehead atoms. The van der Waals surface area contributed by atoms with Crippen LogP contribution in [0.5, 0.6) is 11.5 Å². The van der Waals surface area contributed by atoms with Gasteiger partial charge in [0.15, 0.2) is 23.1 Å². The highest BCUT2D eigenvalue weighted by Gasteiger charge is 2.17. The number of benzene rings is 2. The van der Waals surface area contributed by atoms with E-state index in [1.54, 1.807) is 56.5 Å². The van der Waals surface area contributed by atoms with Crippen molar-refractivity contribution in [2.24, 2.45) is 0 Å². The van der Waals surface area contributed by atoms with E-state index in [-0.39, 0.29) is 55.7 Å². The maximum atomic E-state index is 13.8. The van der Waals surface area contributed by atoms with E-state index in [0.29, 0.717) is 33.9 Å². The number of Topliss-reactive ketones (excluding diaryl/α,β-unsaturated/α-hetero) is 2. The third kappa shape index (κ3) is 6.49. The molecule has 3 rings (SSSR count). The summed E-state index contributed by atoms with van der Waals surface area (Å²) >= 11 is 0. The van der Waals surface area contributed by atoms with E-state index in [0.717, 1.165) is 5.56 Å². The highest BCUT2D eigenvalue weighted by Crippen LogP contribution is 2.29. The molecule has 8 heteroatoms. The van der Waals surface area contributed by atoms with Crippen LogP contribution in [0.25, 0.3) is 11.3 Å². The Morgan fingerprint density at radius 2 is 1.74 bits per heavy atom. The summed E-state index contributed by atoms with van der Waals surface area (Å²) in [6.45, 7) is 1.91. The minimum Gasteiger partial charge on any atom is -0.493 e. The Kier molecular flexibility index (Phi) is 9.05. The third-order valence-electron chi connectivity index (χ3n) is 5.41. The number of pyridine rings is 1. The van der Waals surface area contributed by atoms with Gasteiger partial charge in [-0.1, -0.05) is 6.07 Å². The average molecular weight is 482 g/mol. The molecule has 1 N–H and O–H groups in total. The van der Waals surface area contributed by atoms with Crippen molar-refractivity contribution < 1.29 is 33.3 Å². The lowest BCUT2D eigenvalue weighted by atomic mass is 10.0. The highest BCUT2D eigenvalue weighted by atomic mass is 19.1. The molecule has 1 heterocycles. The Bertz CT molecular complexity index is 1210. The average Bonchev–Trinajstić information content (AvgIpc) is 2.87. The molecule has 0 spiro atoms. The number of aromatic nitrogens is 1. The van der Waals surface area contributed by atoms with Crippen LogP contribution in [0, 0.1) is 12.7 Å². The van der Waals surface area contributed by atoms with Crippen LogP contribution in [0.15, 0.2) is 48.5 Å². The maximum absolute atomic E-state index is 13.8. The number of methoxy groups -OCH3 is 2. The monoisotopic (exact) mass is 481 g/mol. The second-order valence-electron chi connectivity index (χ2n) is 7.89. The van der Waals surface area contributed by atoms with Crippen molar-refractivity contribution in [2.75, 3.05) is 27.4 Å². The summed E-state index contributed by atoms with van der Waals surface area (Å²) in [6, 6.07) is 12.8. The van der Waals surface area contributed by atoms with Crippen LogP contribution in [0.4, 0.5) is 4.39 Å². The molecule has 0 fully saturated rings. The number of carbonyl (C=O) groups is 2. The van der Waals surface area contributed by atoms with Gasteiger partial charge in [0.2, 0.25) is 0 Å². The fraction of sp³-hybridized carbons (Fsp3) is 0.296. The molecule has 0 radical (unpaired) electrons. The minimum atomic E-state index is -0.322. The lowest BCUT2D eigenvalue weighted by Gasteiger charge is -2.12. The molecule has 35 heavy (non-hydrogen) atoms. The van der Waals surface area contributed by atoms with Gasteiger partial charge < -0.3 is 19.3 Å². The number of hydrogen-bond acceptors (Lipinski definition) is 7. The minimum absolute atomic E-state index is 0.00861. The van der Waals surface area contributed by atoms with E-state index >= 15 is 0 Å². The number of ketones is 2. The third-order valence-corrected chi connectivity index (χ3v) is 5.41. The normalized spacial score (nSPS) is 10.8. The SMILES string of the molecule is COCc1ccc(C(=O)CCC(=O)c2ccc(OCCO)c(OC)c2)nc1-c1ccc(F)c(C)c1. The van der Waals surface area contributed by atoms with Gasteiger partial charge in [0.25, 0.3) is 0 Å². The van der Waals surface area contributed by atoms with Crippen molar-refractivity contribution >= 4 is 11.6 Å². The molecule has 0 saturated heterocycles. The van der Waals surface area contributed by atoms with Gasteiger partial charge in [-0.05, 0) is 55.0 Å². The molecular formula is C27H28FNO6. The summed E-state index contributed by atoms with van der Waals surface area (Å²) in [5, 5.41) is 8.92. The van der Waals surface area contributed by atoms with Gasteiger partial charge in [0.1, 0.15) is 18.1 Å². The van der Waals surface area contributed by atoms with Crippen LogP contribution in [0.3, 0.4) is 0 Å². The Morgan fingerprint density at radius 1 is 0.971 bits per heavy atom. The quantitative estimate of drug-likeness (QED) is 0.379. The zero-order valence-electron chi connectivity index (χ0n) is 20.0. The predicted octanol–water partition coefficient (Wildman–Crippen LogP) is 4.57. The van der Waals surface area contributed by atoms with Gasteiger partial charge in [-0.2, -0.15) is 0 Å². The first-order valence-corrected chi connectivity index (χ1v) is 11.1. The van der Waals surface area contributed by atoms with E-state index in [4.69, 9.17) is 19.3 Å². The summed E-state index contributed by atoms with van der Waals surface area (Å²) in [5.41, 5.74) is 3.06. The number of ether oxygens (including phenoxy) is 3. The van der Waals surface area contributed by atoms with Crippen LogP contribution >= 0.6 is 0 Å². The van der Waals surface area contributed by atoms with Gasteiger partial charge in [-0.25, -0.2) is 9.37 Å². The molecule has 0 aliphatic rings. The molecule has 0 saturated carbocycles. The fourth-order valence-electron chi connectivity index (χ4n) is 3.57. The highest BCUT2D eigenvalue weighted by molar-refractivity contribution is 6.02. The molecule has 0 aliphatic heterocycles. The van der Waals surface area contributed by atoms with Gasteiger partial charge >= 0.3 is 0 Å². The Labute approximate surface area is 203 Å². The Balaban J connectivity index is 1.76. The number of aryl methyl sites for hydroxylation is 1. The topological polar surface area (TPSA) is 95.0 Å². The molecule has 0 amide bonds. The second-order valence-corrected chi connectivity index (χ2v) is 7.89. The van der Waals surface area contributed by atoms with Crippen LogP contribution in [0.1, 0.15) is 44.8 Å². The second kappa shape index (κ2) is 12.2. The standard InChI is InChI=1S/C27H28FNO6/c1-17-14-19(4-7-21(17)28)27-20(16-33-2)5-8-22(29-27)24(32)10-9-23(31)18-6-11-25(35-13-12-30)26(15-18)34-3/h4-8,11,14-15,30H,9-10,12-13,16H2,1-3H3. The number of carbonyl (C=O) groups excluding carboxylic acids is 2. The van der Waals surface area contributed by atoms with Crippen molar-refractivity contribution in [1.29, 1.82) is 0 Å². The van der Waals surface area contributed by atoms with Gasteiger partial charge in [0, 0.05) is 36.6 Å². The molecule has 7 nitrogen and oxygen atoms in total. The van der Waals surface area contributed by atoms with Crippen LogP contribution in [-0.4, -0.2) is 49.1 Å². The molecule has 0 unspecified atom stereocenters. The van der Waals surface area contributed by atoms with Crippen molar-refractivity contribution in [3.8, 4) is 22.8 Å². The van der Waals surface area contributed by atoms with Gasteiger partial charge in [-0.3, -0.25) is 9.59 Å². The van der Waals surface area contributed by atoms with Crippen molar-refractivity contribution in [2.45, 2.75) is 26.4 Å². The number of aliphatic hydroxyl groups excluding tert-OH is 1. The van der Waals surface area contributed by atoms with E-state index < -0.39 is 0 Å². The van der Waals surface area contributed by atoms with Crippen molar-refractivity contribution in [3.63, 3.8) is 0 Å². The van der Waals surface area contributed by atoms with E-state index in [2.05, 4.69) is 4.98 Å². The van der Waals surface area contributed by atoms with Crippen molar-refractivity contribution in [1.82, 2.24) is 4.98 Å². The van der Waals surface area contributed by atoms with Crippen LogP contribution in [-0.2, 0) is 11.3 Å². The number of aliphatic hydroxyl groups is 1. The summed E-state index contributed by atoms with van der Waals surface area (Å²) < 4.78 is 29.6. The summed E-state index contributed by atoms with van der Waals surface area (Å²) in [5.74, 6) is -0.0474. The smallest absolute Gasteiger partial charge is 0.181 e. The molecule has 0 atom stereocenters. The zero-order valence-corrected chi connectivity index (χ0v) is 20.0. The fourth-order valence-corrected chi connectivity index (χ4v) is 3.57. The number of nitrogens with zero attached hydrogens (tertiary/aromatic N) is 1. The lowest BCUT2D eigenvalue weighted by Crippen LogP contribution is -2.09. The van der Waals surface area contributed by atoms with E-state index in [9.17, 15) is 14.0 Å². The summed E-state index contributed by atoms with van der Waals surface area (Å²) in [7, 11) is 3.02. The Hall–Kier alpha value is -3.62. The number of hydrogen-bond donors (Lipinski definition) is 1. The molecule has 2 aromatic carbocycles. The molecule has 184 valence electrons. The predicted molar refractivity (Wildman–Crippen MR) is 129 cm³/mol. The first kappa shape index (κ1) is 26.0. The van der Waals surface area contributed by atoms with Gasteiger partial charge in [-0.15, -0.1) is 0 Å². The molecule has 1 aromatic heterocycles. The summed E-state index contributed by atoms with van der Waals surface area (Å²) in [4.78, 5) is 30.1. The van der Waals surface area contributed by atoms with E-state index in [1.807, 2.05) is 0 Å². The number of rotatable bonds is 12. The largest absolute Gasteiger partial charge is 0.493 e. The summed E-state index contributed by atoms with van der Waals surface area (Å²) in [6.07, 6.45) is -0.0340. The van der Waals surface area contributed by atoms with Crippen molar-refractivity contribution in [3.05, 3.63) is 76.7 Å². The molecule has 3 aromatic rings.